The van der Waals surface area contributed by atoms with Gasteiger partial charge >= 0.3 is 11.9 Å². The van der Waals surface area contributed by atoms with Gasteiger partial charge in [0, 0.05) is 0 Å². The maximum atomic E-state index is 11.8. The predicted molar refractivity (Wildman–Crippen MR) is 52.2 cm³/mol. The number of hydrogen-bond acceptors (Lipinski definition) is 4. The largest absolute Gasteiger partial charge is 0.462 e. The molecular weight excluding hydrogens is 222 g/mol. The summed E-state index contributed by atoms with van der Waals surface area (Å²) < 4.78 is 32.6. The zero-order valence-electron chi connectivity index (χ0n) is 9.37. The van der Waals surface area contributed by atoms with Crippen LogP contribution in [-0.4, -0.2) is 38.5 Å². The summed E-state index contributed by atoms with van der Waals surface area (Å²) in [7, 11) is 0. The van der Waals surface area contributed by atoms with E-state index in [1.165, 1.54) is 0 Å². The third-order valence-electron chi connectivity index (χ3n) is 1.82. The van der Waals surface area contributed by atoms with Crippen LogP contribution < -0.4 is 0 Å². The molecule has 0 spiro atoms. The Morgan fingerprint density at radius 2 is 1.38 bits per heavy atom. The SMILES string of the molecule is CC(C)C(C(=O)OCCF)C(=O)OCCF. The molecule has 0 saturated heterocycles. The molecule has 0 aromatic heterocycles. The minimum absolute atomic E-state index is 0.348. The smallest absolute Gasteiger partial charge is 0.320 e. The molecule has 0 radical (unpaired) electrons. The van der Waals surface area contributed by atoms with Crippen molar-refractivity contribution in [2.45, 2.75) is 13.8 Å². The van der Waals surface area contributed by atoms with Crippen LogP contribution in [-0.2, 0) is 19.1 Å². The normalized spacial score (nSPS) is 10.6. The zero-order chi connectivity index (χ0) is 12.6. The number of hydrogen-bond donors (Lipinski definition) is 0. The number of ether oxygens (including phenoxy) is 2. The van der Waals surface area contributed by atoms with E-state index in [1.54, 1.807) is 13.8 Å². The van der Waals surface area contributed by atoms with Gasteiger partial charge in [-0.2, -0.15) is 0 Å². The summed E-state index contributed by atoms with van der Waals surface area (Å²) in [5.41, 5.74) is 0. The molecule has 0 unspecified atom stereocenters. The molecule has 0 fully saturated rings. The Labute approximate surface area is 92.9 Å². The quantitative estimate of drug-likeness (QED) is 0.495. The Kier molecular flexibility index (Phi) is 7.41. The van der Waals surface area contributed by atoms with Crippen molar-refractivity contribution in [3.8, 4) is 0 Å². The fourth-order valence-electron chi connectivity index (χ4n) is 1.10. The number of halogens is 2. The lowest BCUT2D eigenvalue weighted by Gasteiger charge is -2.17. The van der Waals surface area contributed by atoms with Gasteiger partial charge in [-0.15, -0.1) is 0 Å². The fourth-order valence-corrected chi connectivity index (χ4v) is 1.10. The van der Waals surface area contributed by atoms with Crippen LogP contribution in [0.4, 0.5) is 8.78 Å². The Morgan fingerprint density at radius 1 is 1.00 bits per heavy atom. The Hall–Kier alpha value is -1.20. The number of carbonyl (C=O) groups excluding carboxylic acids is 2. The third kappa shape index (κ3) is 5.04. The van der Waals surface area contributed by atoms with Gasteiger partial charge in [0.15, 0.2) is 5.92 Å². The first kappa shape index (κ1) is 14.8. The van der Waals surface area contributed by atoms with E-state index >= 15 is 0 Å². The first-order chi connectivity index (χ1) is 7.54. The minimum Gasteiger partial charge on any atom is -0.462 e. The van der Waals surface area contributed by atoms with E-state index in [2.05, 4.69) is 9.47 Å². The lowest BCUT2D eigenvalue weighted by Crippen LogP contribution is -2.33. The molecule has 0 rings (SSSR count). The van der Waals surface area contributed by atoms with Crippen LogP contribution >= 0.6 is 0 Å². The average molecular weight is 238 g/mol. The Bertz CT molecular complexity index is 211. The summed E-state index contributed by atoms with van der Waals surface area (Å²) in [4.78, 5) is 22.7. The first-order valence-electron chi connectivity index (χ1n) is 4.99. The molecule has 0 atom stereocenters. The Balaban J connectivity index is 4.35. The van der Waals surface area contributed by atoms with Gasteiger partial charge in [0.1, 0.15) is 26.6 Å². The summed E-state index contributed by atoms with van der Waals surface area (Å²) in [6.07, 6.45) is 0. The topological polar surface area (TPSA) is 52.6 Å². The molecule has 0 aliphatic rings. The monoisotopic (exact) mass is 238 g/mol. The predicted octanol–water partition coefficient (Wildman–Crippen LogP) is 1.28. The Morgan fingerprint density at radius 3 is 1.62 bits per heavy atom. The number of rotatable bonds is 7. The van der Waals surface area contributed by atoms with Crippen molar-refractivity contribution < 1.29 is 27.8 Å². The van der Waals surface area contributed by atoms with Crippen LogP contribution in [0.5, 0.6) is 0 Å². The van der Waals surface area contributed by atoms with E-state index in [0.29, 0.717) is 0 Å². The van der Waals surface area contributed by atoms with Gasteiger partial charge in [0.2, 0.25) is 0 Å². The van der Waals surface area contributed by atoms with Gasteiger partial charge in [-0.05, 0) is 5.92 Å². The molecule has 0 saturated carbocycles. The molecule has 0 aromatic carbocycles. The van der Waals surface area contributed by atoms with Gasteiger partial charge in [-0.25, -0.2) is 8.78 Å². The summed E-state index contributed by atoms with van der Waals surface area (Å²) in [5, 5.41) is 0. The number of esters is 2. The van der Waals surface area contributed by atoms with E-state index in [4.69, 9.17) is 0 Å². The molecule has 0 aliphatic heterocycles. The van der Waals surface area contributed by atoms with Crippen molar-refractivity contribution in [2.24, 2.45) is 11.8 Å². The molecule has 94 valence electrons. The highest BCUT2D eigenvalue weighted by molar-refractivity contribution is 5.95. The molecule has 0 amide bonds. The number of carbonyl (C=O) groups is 2. The molecule has 0 N–H and O–H groups in total. The molecule has 0 aliphatic carbocycles. The maximum Gasteiger partial charge on any atom is 0.320 e. The van der Waals surface area contributed by atoms with E-state index < -0.39 is 44.4 Å². The van der Waals surface area contributed by atoms with Crippen molar-refractivity contribution in [2.75, 3.05) is 26.6 Å². The van der Waals surface area contributed by atoms with Gasteiger partial charge in [0.25, 0.3) is 0 Å². The van der Waals surface area contributed by atoms with Crippen molar-refractivity contribution in [1.82, 2.24) is 0 Å². The van der Waals surface area contributed by atoms with E-state index in [-0.39, 0.29) is 5.92 Å². The average Bonchev–Trinajstić information content (AvgIpc) is 2.23. The summed E-state index contributed by atoms with van der Waals surface area (Å²) in [6.45, 7) is 0.846. The van der Waals surface area contributed by atoms with Crippen LogP contribution in [0.25, 0.3) is 0 Å². The van der Waals surface area contributed by atoms with Gasteiger partial charge in [0.05, 0.1) is 0 Å². The van der Waals surface area contributed by atoms with Crippen molar-refractivity contribution in [3.05, 3.63) is 0 Å². The van der Waals surface area contributed by atoms with E-state index in [1.807, 2.05) is 0 Å². The van der Waals surface area contributed by atoms with Crippen LogP contribution in [0.1, 0.15) is 13.8 Å². The highest BCUT2D eigenvalue weighted by Gasteiger charge is 2.32. The first-order valence-corrected chi connectivity index (χ1v) is 4.99. The molecule has 6 heteroatoms. The number of alkyl halides is 2. The van der Waals surface area contributed by atoms with Crippen molar-refractivity contribution >= 4 is 11.9 Å². The summed E-state index contributed by atoms with van der Waals surface area (Å²) in [6, 6.07) is 0. The van der Waals surface area contributed by atoms with Gasteiger partial charge in [-0.3, -0.25) is 9.59 Å². The second kappa shape index (κ2) is 8.01. The molecule has 0 heterocycles. The van der Waals surface area contributed by atoms with Crippen LogP contribution in [0, 0.1) is 11.8 Å². The van der Waals surface area contributed by atoms with Gasteiger partial charge < -0.3 is 9.47 Å². The highest BCUT2D eigenvalue weighted by Crippen LogP contribution is 2.15. The summed E-state index contributed by atoms with van der Waals surface area (Å²) >= 11 is 0. The van der Waals surface area contributed by atoms with Crippen molar-refractivity contribution in [3.63, 3.8) is 0 Å². The standard InChI is InChI=1S/C10H16F2O4/c1-7(2)8(9(13)15-5-3-11)10(14)16-6-4-12/h7-8H,3-6H2,1-2H3. The maximum absolute atomic E-state index is 11.8. The van der Waals surface area contributed by atoms with Gasteiger partial charge in [-0.1, -0.05) is 13.8 Å². The minimum atomic E-state index is -1.13. The highest BCUT2D eigenvalue weighted by atomic mass is 19.1. The van der Waals surface area contributed by atoms with E-state index in [9.17, 15) is 18.4 Å². The lowest BCUT2D eigenvalue weighted by molar-refractivity contribution is -0.164. The van der Waals surface area contributed by atoms with Crippen molar-refractivity contribution in [1.29, 1.82) is 0 Å². The second-order valence-electron chi connectivity index (χ2n) is 3.43. The zero-order valence-corrected chi connectivity index (χ0v) is 9.37. The summed E-state index contributed by atoms with van der Waals surface area (Å²) in [5.74, 6) is -3.15. The van der Waals surface area contributed by atoms with Crippen LogP contribution in [0.15, 0.2) is 0 Å². The molecule has 0 bridgehead atoms. The lowest BCUT2D eigenvalue weighted by atomic mass is 9.96. The van der Waals surface area contributed by atoms with Crippen LogP contribution in [0.3, 0.4) is 0 Å². The molecule has 16 heavy (non-hydrogen) atoms. The third-order valence-corrected chi connectivity index (χ3v) is 1.82. The molecule has 0 aromatic rings. The fraction of sp³-hybridized carbons (Fsp3) is 0.800. The molecular formula is C10H16F2O4. The molecule has 4 nitrogen and oxygen atoms in total. The van der Waals surface area contributed by atoms with Crippen LogP contribution in [0.2, 0.25) is 0 Å². The van der Waals surface area contributed by atoms with E-state index in [0.717, 1.165) is 0 Å². The second-order valence-corrected chi connectivity index (χ2v) is 3.43.